The minimum absolute atomic E-state index is 0.554. The molecule has 13 aromatic rings. The van der Waals surface area contributed by atoms with Crippen LogP contribution in [0.3, 0.4) is 0 Å². The van der Waals surface area contributed by atoms with Crippen molar-refractivity contribution >= 4 is 43.6 Å². The molecule has 3 heterocycles. The van der Waals surface area contributed by atoms with Crippen molar-refractivity contribution in [1.29, 1.82) is 0 Å². The lowest BCUT2D eigenvalue weighted by Gasteiger charge is -2.14. The van der Waals surface area contributed by atoms with E-state index in [2.05, 4.69) is 240 Å². The summed E-state index contributed by atoms with van der Waals surface area (Å²) in [6.45, 7) is 0. The Labute approximate surface area is 393 Å². The smallest absolute Gasteiger partial charge is 0.238 e. The van der Waals surface area contributed by atoms with Gasteiger partial charge in [0, 0.05) is 38.4 Å². The Kier molecular flexibility index (Phi) is 9.43. The normalized spacial score (nSPS) is 11.5. The van der Waals surface area contributed by atoms with Crippen LogP contribution in [0.15, 0.2) is 249 Å². The second-order valence-corrected chi connectivity index (χ2v) is 17.2. The van der Waals surface area contributed by atoms with E-state index in [1.165, 1.54) is 38.8 Å². The molecule has 0 aliphatic rings. The average Bonchev–Trinajstić information content (AvgIpc) is 3.95. The number of aromatic nitrogens is 5. The molecule has 0 aliphatic carbocycles. The third-order valence-electron chi connectivity index (χ3n) is 13.2. The van der Waals surface area contributed by atoms with E-state index in [0.717, 1.165) is 66.2 Å². The van der Waals surface area contributed by atoms with Gasteiger partial charge in [0.15, 0.2) is 11.6 Å². The topological polar surface area (TPSA) is 48.5 Å². The quantitative estimate of drug-likeness (QED) is 0.153. The zero-order valence-corrected chi connectivity index (χ0v) is 36.9. The fourth-order valence-corrected chi connectivity index (χ4v) is 9.90. The first-order valence-corrected chi connectivity index (χ1v) is 23.0. The van der Waals surface area contributed by atoms with E-state index in [1.54, 1.807) is 0 Å². The molecule has 3 aromatic heterocycles. The van der Waals surface area contributed by atoms with Crippen molar-refractivity contribution in [2.45, 2.75) is 0 Å². The van der Waals surface area contributed by atoms with E-state index < -0.39 is 0 Å². The minimum Gasteiger partial charge on any atom is -0.307 e. The van der Waals surface area contributed by atoms with E-state index in [4.69, 9.17) is 15.0 Å². The van der Waals surface area contributed by atoms with Gasteiger partial charge in [-0.05, 0) is 74.8 Å². The van der Waals surface area contributed by atoms with E-state index in [0.29, 0.717) is 17.6 Å². The van der Waals surface area contributed by atoms with Crippen LogP contribution in [0.4, 0.5) is 0 Å². The van der Waals surface area contributed by atoms with Gasteiger partial charge < -0.3 is 4.57 Å². The van der Waals surface area contributed by atoms with Gasteiger partial charge in [-0.1, -0.05) is 218 Å². The van der Waals surface area contributed by atoms with Crippen LogP contribution >= 0.6 is 0 Å². The van der Waals surface area contributed by atoms with E-state index in [1.807, 2.05) is 18.2 Å². The van der Waals surface area contributed by atoms with Crippen LogP contribution in [0.2, 0.25) is 0 Å². The van der Waals surface area contributed by atoms with Crippen LogP contribution in [0.5, 0.6) is 0 Å². The third kappa shape index (κ3) is 6.76. The molecule has 5 nitrogen and oxygen atoms in total. The fraction of sp³-hybridized carbons (Fsp3) is 0. The van der Waals surface area contributed by atoms with Crippen molar-refractivity contribution < 1.29 is 0 Å². The van der Waals surface area contributed by atoms with Crippen molar-refractivity contribution in [3.05, 3.63) is 249 Å². The van der Waals surface area contributed by atoms with Gasteiger partial charge in [-0.25, -0.2) is 4.98 Å². The number of hydrogen-bond donors (Lipinski definition) is 0. The molecule has 0 amide bonds. The second kappa shape index (κ2) is 16.4. The number of hydrogen-bond acceptors (Lipinski definition) is 3. The second-order valence-electron chi connectivity index (χ2n) is 17.2. The first-order chi connectivity index (χ1) is 33.7. The molecule has 0 aliphatic heterocycles. The van der Waals surface area contributed by atoms with Crippen LogP contribution in [0.1, 0.15) is 0 Å². The zero-order chi connectivity index (χ0) is 45.0. The largest absolute Gasteiger partial charge is 0.307 e. The molecule has 0 saturated carbocycles. The maximum atomic E-state index is 5.40. The molecule has 0 spiro atoms. The molecule has 0 radical (unpaired) electrons. The SMILES string of the molecule is c1ccc(-c2ccc(-c3cccc(-c4ccc(-c5nc(-c6ccccc6)nc(-n6c7ccccc7c7ccc8c9ccccc9n(-c9ccc(-c%10ccccc%10)cc9)c8c76)n5)cc4)c3)cc2)cc1. The van der Waals surface area contributed by atoms with Gasteiger partial charge in [-0.3, -0.25) is 4.57 Å². The number of nitrogens with zero attached hydrogens (tertiary/aromatic N) is 5. The Balaban J connectivity index is 0.965. The van der Waals surface area contributed by atoms with Gasteiger partial charge in [0.05, 0.1) is 22.1 Å². The van der Waals surface area contributed by atoms with Crippen LogP contribution < -0.4 is 0 Å². The molecule has 0 fully saturated rings. The third-order valence-corrected chi connectivity index (χ3v) is 13.2. The molecule has 318 valence electrons. The Morgan fingerprint density at radius 3 is 1.10 bits per heavy atom. The van der Waals surface area contributed by atoms with Crippen LogP contribution in [-0.2, 0) is 0 Å². The van der Waals surface area contributed by atoms with Crippen molar-refractivity contribution in [3.8, 4) is 78.9 Å². The van der Waals surface area contributed by atoms with Crippen molar-refractivity contribution in [2.24, 2.45) is 0 Å². The van der Waals surface area contributed by atoms with E-state index in [9.17, 15) is 0 Å². The molecule has 0 N–H and O–H groups in total. The van der Waals surface area contributed by atoms with Gasteiger partial charge in [0.25, 0.3) is 0 Å². The maximum absolute atomic E-state index is 5.40. The summed E-state index contributed by atoms with van der Waals surface area (Å²) in [6, 6.07) is 88.2. The summed E-state index contributed by atoms with van der Waals surface area (Å²) in [5.74, 6) is 1.76. The molecular formula is C63H41N5. The summed E-state index contributed by atoms with van der Waals surface area (Å²) in [5, 5.41) is 4.59. The summed E-state index contributed by atoms with van der Waals surface area (Å²) in [6.07, 6.45) is 0. The molecule has 0 bridgehead atoms. The summed E-state index contributed by atoms with van der Waals surface area (Å²) >= 11 is 0. The Bertz CT molecular complexity index is 3970. The van der Waals surface area contributed by atoms with Gasteiger partial charge in [0.2, 0.25) is 5.95 Å². The van der Waals surface area contributed by atoms with Crippen LogP contribution in [0, 0.1) is 0 Å². The van der Waals surface area contributed by atoms with Crippen molar-refractivity contribution in [2.75, 3.05) is 0 Å². The average molecular weight is 868 g/mol. The standard InChI is InChI=1S/C63H41N5/c1-4-15-42(16-5-1)44-27-29-46(30-28-44)50-21-14-22-51(41-50)47-31-33-49(34-32-47)62-64-61(48-19-8-3-9-20-48)65-63(66-62)68-58-26-13-11-24-54(58)56-40-39-55-53-23-10-12-25-57(53)67(59(55)60(56)68)52-37-35-45(36-38-52)43-17-6-2-7-18-43/h1-41H. The van der Waals surface area contributed by atoms with Gasteiger partial charge in [-0.2, -0.15) is 9.97 Å². The highest BCUT2D eigenvalue weighted by Crippen LogP contribution is 2.42. The predicted molar refractivity (Wildman–Crippen MR) is 281 cm³/mol. The summed E-state index contributed by atoms with van der Waals surface area (Å²) in [7, 11) is 0. The van der Waals surface area contributed by atoms with Crippen molar-refractivity contribution in [1.82, 2.24) is 24.1 Å². The van der Waals surface area contributed by atoms with Gasteiger partial charge in [-0.15, -0.1) is 0 Å². The molecule has 0 unspecified atom stereocenters. The first-order valence-electron chi connectivity index (χ1n) is 23.0. The number of rotatable bonds is 8. The van der Waals surface area contributed by atoms with Gasteiger partial charge >= 0.3 is 0 Å². The number of para-hydroxylation sites is 2. The lowest BCUT2D eigenvalue weighted by Crippen LogP contribution is -2.07. The zero-order valence-electron chi connectivity index (χ0n) is 36.9. The first kappa shape index (κ1) is 39.2. The van der Waals surface area contributed by atoms with E-state index >= 15 is 0 Å². The summed E-state index contributed by atoms with van der Waals surface area (Å²) in [4.78, 5) is 15.9. The highest BCUT2D eigenvalue weighted by Gasteiger charge is 2.23. The maximum Gasteiger partial charge on any atom is 0.238 e. The minimum atomic E-state index is 0.554. The molecule has 0 atom stereocenters. The molecule has 10 aromatic carbocycles. The monoisotopic (exact) mass is 867 g/mol. The number of fused-ring (bicyclic) bond motifs is 7. The van der Waals surface area contributed by atoms with Crippen LogP contribution in [0.25, 0.3) is 123 Å². The Morgan fingerprint density at radius 2 is 0.588 bits per heavy atom. The van der Waals surface area contributed by atoms with Crippen molar-refractivity contribution in [3.63, 3.8) is 0 Å². The molecule has 0 saturated heterocycles. The Hall–Kier alpha value is -9.19. The van der Waals surface area contributed by atoms with Gasteiger partial charge in [0.1, 0.15) is 0 Å². The summed E-state index contributed by atoms with van der Waals surface area (Å²) < 4.78 is 4.66. The summed E-state index contributed by atoms with van der Waals surface area (Å²) in [5.41, 5.74) is 16.6. The molecule has 5 heteroatoms. The highest BCUT2D eigenvalue weighted by atomic mass is 15.2. The lowest BCUT2D eigenvalue weighted by atomic mass is 9.97. The molecule has 68 heavy (non-hydrogen) atoms. The fourth-order valence-electron chi connectivity index (χ4n) is 9.90. The number of benzene rings is 10. The van der Waals surface area contributed by atoms with Crippen LogP contribution in [-0.4, -0.2) is 24.1 Å². The molecular weight excluding hydrogens is 827 g/mol. The highest BCUT2D eigenvalue weighted by molar-refractivity contribution is 6.23. The predicted octanol–water partition coefficient (Wildman–Crippen LogP) is 16.1. The Morgan fingerprint density at radius 1 is 0.235 bits per heavy atom. The lowest BCUT2D eigenvalue weighted by molar-refractivity contribution is 0.953. The molecule has 13 rings (SSSR count). The van der Waals surface area contributed by atoms with E-state index in [-0.39, 0.29) is 0 Å².